The maximum absolute atomic E-state index is 13.6. The van der Waals surface area contributed by atoms with Crippen LogP contribution in [-0.2, 0) is 0 Å². The van der Waals surface area contributed by atoms with Crippen molar-refractivity contribution < 1.29 is 29.6 Å². The van der Waals surface area contributed by atoms with Crippen LogP contribution in [0.25, 0.3) is 45.0 Å². The van der Waals surface area contributed by atoms with Crippen LogP contribution >= 0.6 is 11.8 Å². The van der Waals surface area contributed by atoms with Gasteiger partial charge in [-0.3, -0.25) is 20.2 Å². The van der Waals surface area contributed by atoms with Gasteiger partial charge in [-0.2, -0.15) is 39.9 Å². The molecule has 81 heavy (non-hydrogen) atoms. The van der Waals surface area contributed by atoms with Crippen LogP contribution in [0.1, 0.15) is 20.7 Å². The molecular weight excluding hydrogens is 1050 g/mol. The van der Waals surface area contributed by atoms with E-state index in [2.05, 4.69) is 127 Å². The van der Waals surface area contributed by atoms with Crippen molar-refractivity contribution in [1.82, 2.24) is 44.9 Å². The number of amides is 2. The second-order valence-electron chi connectivity index (χ2n) is 17.4. The van der Waals surface area contributed by atoms with Gasteiger partial charge in [-0.25, -0.2) is 4.98 Å². The molecule has 1 aliphatic rings. The summed E-state index contributed by atoms with van der Waals surface area (Å²) in [6.45, 7) is -1.44. The monoisotopic (exact) mass is 1100 g/mol. The molecule has 4 heterocycles. The minimum absolute atomic E-state index is 0.00636. The molecule has 10 aromatic rings. The Balaban J connectivity index is 0.956. The van der Waals surface area contributed by atoms with Gasteiger partial charge >= 0.3 is 6.01 Å². The summed E-state index contributed by atoms with van der Waals surface area (Å²) < 4.78 is 6.82. The zero-order valence-corrected chi connectivity index (χ0v) is 43.3. The minimum atomic E-state index is -0.573. The van der Waals surface area contributed by atoms with Gasteiger partial charge in [0.05, 0.1) is 23.7 Å². The molecule has 7 aromatic carbocycles. The summed E-state index contributed by atoms with van der Waals surface area (Å²) >= 11 is 1.70. The van der Waals surface area contributed by atoms with Crippen molar-refractivity contribution in [3.63, 3.8) is 0 Å². The molecule has 0 fully saturated rings. The van der Waals surface area contributed by atoms with E-state index >= 15 is 0 Å². The summed E-state index contributed by atoms with van der Waals surface area (Å²) in [4.78, 5) is 70.7. The van der Waals surface area contributed by atoms with Gasteiger partial charge in [0.1, 0.15) is 20.2 Å². The predicted octanol–water partition coefficient (Wildman–Crippen LogP) is 8.55. The van der Waals surface area contributed by atoms with Crippen molar-refractivity contribution >= 4 is 76.3 Å². The number of aliphatic hydroxyl groups is 3. The number of carbonyl (C=O) groups is 2. The van der Waals surface area contributed by atoms with Crippen LogP contribution < -0.4 is 47.3 Å². The first kappa shape index (κ1) is 52.5. The summed E-state index contributed by atoms with van der Waals surface area (Å²) in [5, 5.41) is 43.9. The average molecular weight is 1100 g/mol. The second-order valence-corrected chi connectivity index (χ2v) is 18.5. The van der Waals surface area contributed by atoms with Crippen LogP contribution in [0.5, 0.6) is 11.8 Å². The number of fused-ring (bicyclic) bond motifs is 2. The van der Waals surface area contributed by atoms with E-state index in [0.29, 0.717) is 22.6 Å². The number of ether oxygens (including phenoxy) is 1. The second kappa shape index (κ2) is 24.0. The largest absolute Gasteiger partial charge is 0.422 e. The molecule has 0 atom stereocenters. The van der Waals surface area contributed by atoms with E-state index < -0.39 is 32.0 Å². The number of nitrogens with two attached hydrogens (primary N) is 1. The summed E-state index contributed by atoms with van der Waals surface area (Å²) in [6.07, 6.45) is 0. The first-order valence-electron chi connectivity index (χ1n) is 25.0. The Morgan fingerprint density at radius 3 is 1.28 bits per heavy atom. The molecule has 0 aliphatic carbocycles. The lowest BCUT2D eigenvalue weighted by atomic mass is 10.0. The highest BCUT2D eigenvalue weighted by Crippen LogP contribution is 2.55. The number of hydrogen-bond acceptors (Lipinski definition) is 22. The Kier molecular flexibility index (Phi) is 15.6. The van der Waals surface area contributed by atoms with E-state index in [9.17, 15) is 24.9 Å². The van der Waals surface area contributed by atoms with Gasteiger partial charge in [-0.1, -0.05) is 121 Å². The van der Waals surface area contributed by atoms with Gasteiger partial charge in [0, 0.05) is 32.0 Å². The third-order valence-corrected chi connectivity index (χ3v) is 13.4. The standard InChI is InChI=1S/C57H47N17O6S/c58-29-59-51-68-52(60-30-75)71-55(70-51)66-49(78)37-19-15-35(16-20-37)47-63-48(36-17-21-38(22-18-36)50(79)67-56-72-53(61-31-76)69-54(73-56)62-32-77)65-57(64-47)80-44-14-8-7-13-41(44)74-42-25-23-39(33-9-3-1-4-10-33)27-45(42)81-46-28-40(24-26-43(46)74)34-11-5-2-6-12-34/h1-28,75-77H,29-32,58H2,(H3,59,60,66,68,70,71,78)(H3,61,62,67,69,72,73,79). The third kappa shape index (κ3) is 12.0. The smallest absolute Gasteiger partial charge is 0.326 e. The molecule has 0 saturated heterocycles. The molecule has 0 saturated carbocycles. The Bertz CT molecular complexity index is 3630. The van der Waals surface area contributed by atoms with Crippen molar-refractivity contribution in [1.29, 1.82) is 0 Å². The maximum Gasteiger partial charge on any atom is 0.326 e. The van der Waals surface area contributed by atoms with Crippen LogP contribution in [0, 0.1) is 0 Å². The third-order valence-electron chi connectivity index (χ3n) is 12.3. The number of aliphatic hydroxyl groups excluding tert-OH is 3. The highest BCUT2D eigenvalue weighted by atomic mass is 32.2. The number of para-hydroxylation sites is 2. The van der Waals surface area contributed by atoms with Crippen molar-refractivity contribution in [2.45, 2.75) is 9.79 Å². The van der Waals surface area contributed by atoms with E-state index in [4.69, 9.17) is 25.4 Å². The fraction of sp³-hybridized carbons (Fsp3) is 0.0702. The lowest BCUT2D eigenvalue weighted by molar-refractivity contribution is 0.101. The van der Waals surface area contributed by atoms with E-state index in [1.165, 1.54) is 0 Å². The van der Waals surface area contributed by atoms with Gasteiger partial charge in [0.15, 0.2) is 17.4 Å². The van der Waals surface area contributed by atoms with Gasteiger partial charge in [-0.15, -0.1) is 0 Å². The Hall–Kier alpha value is -10.5. The SMILES string of the molecule is NCNc1nc(NCO)nc(NC(=O)c2ccc(-c3nc(Oc4ccccc4N4c5ccc(-c6ccccc6)cc5Sc5cc(-c6ccccc6)ccc54)nc(-c4ccc(C(=O)Nc5nc(NCO)nc(NCO)n5)cc4)n3)cc2)n1. The molecule has 0 bridgehead atoms. The summed E-state index contributed by atoms with van der Waals surface area (Å²) in [5.74, 6) is -0.552. The van der Waals surface area contributed by atoms with Crippen LogP contribution in [-0.4, -0.2) is 98.9 Å². The summed E-state index contributed by atoms with van der Waals surface area (Å²) in [5.41, 5.74) is 14.0. The highest BCUT2D eigenvalue weighted by molar-refractivity contribution is 7.99. The van der Waals surface area contributed by atoms with Crippen LogP contribution in [0.2, 0.25) is 0 Å². The molecule has 1 aliphatic heterocycles. The van der Waals surface area contributed by atoms with Crippen molar-refractivity contribution in [3.05, 3.63) is 181 Å². The van der Waals surface area contributed by atoms with Crippen LogP contribution in [0.15, 0.2) is 180 Å². The molecule has 11 N–H and O–H groups in total. The van der Waals surface area contributed by atoms with E-state index in [1.807, 2.05) is 60.7 Å². The molecular formula is C57H47N17O6S. The quantitative estimate of drug-likeness (QED) is 0.0339. The molecule has 2 amide bonds. The summed E-state index contributed by atoms with van der Waals surface area (Å²) in [6, 6.07) is 53.9. The number of carbonyl (C=O) groups excluding carboxylic acids is 2. The topological polar surface area (TPSA) is 322 Å². The number of nitrogens with one attached hydrogen (secondary N) is 6. The normalized spacial score (nSPS) is 11.4. The van der Waals surface area contributed by atoms with E-state index in [1.54, 1.807) is 60.3 Å². The Morgan fingerprint density at radius 1 is 0.432 bits per heavy atom. The van der Waals surface area contributed by atoms with Crippen molar-refractivity contribution in [2.75, 3.05) is 63.7 Å². The maximum atomic E-state index is 13.6. The first-order valence-corrected chi connectivity index (χ1v) is 25.8. The van der Waals surface area contributed by atoms with Crippen molar-refractivity contribution in [2.24, 2.45) is 5.73 Å². The van der Waals surface area contributed by atoms with E-state index in [-0.39, 0.29) is 71.1 Å². The van der Waals surface area contributed by atoms with E-state index in [0.717, 1.165) is 43.4 Å². The number of anilines is 9. The van der Waals surface area contributed by atoms with Gasteiger partial charge < -0.3 is 52.0 Å². The zero-order chi connectivity index (χ0) is 55.7. The molecule has 0 radical (unpaired) electrons. The molecule has 0 unspecified atom stereocenters. The molecule has 402 valence electrons. The van der Waals surface area contributed by atoms with Crippen LogP contribution in [0.4, 0.5) is 52.8 Å². The fourth-order valence-corrected chi connectivity index (χ4v) is 9.68. The Morgan fingerprint density at radius 2 is 0.840 bits per heavy atom. The molecule has 24 heteroatoms. The number of rotatable bonds is 19. The number of hydrogen-bond donors (Lipinski definition) is 10. The van der Waals surface area contributed by atoms with Gasteiger partial charge in [0.25, 0.3) is 11.8 Å². The average Bonchev–Trinajstić information content (AvgIpc) is 3.64. The first-order chi connectivity index (χ1) is 39.7. The Labute approximate surface area is 465 Å². The molecule has 23 nitrogen and oxygen atoms in total. The molecule has 3 aromatic heterocycles. The van der Waals surface area contributed by atoms with Gasteiger partial charge in [-0.05, 0) is 82.9 Å². The summed E-state index contributed by atoms with van der Waals surface area (Å²) in [7, 11) is 0. The number of nitrogens with zero attached hydrogens (tertiary/aromatic N) is 10. The predicted molar refractivity (Wildman–Crippen MR) is 307 cm³/mol. The number of aromatic nitrogens is 9. The lowest BCUT2D eigenvalue weighted by Gasteiger charge is -2.34. The van der Waals surface area contributed by atoms with Crippen LogP contribution in [0.3, 0.4) is 0 Å². The molecule has 11 rings (SSSR count). The van der Waals surface area contributed by atoms with Crippen molar-refractivity contribution in [3.8, 4) is 56.8 Å². The highest BCUT2D eigenvalue weighted by Gasteiger charge is 2.29. The minimum Gasteiger partial charge on any atom is -0.422 e. The number of benzene rings is 7. The van der Waals surface area contributed by atoms with Gasteiger partial charge in [0.2, 0.25) is 35.7 Å². The molecule has 0 spiro atoms. The fourth-order valence-electron chi connectivity index (χ4n) is 8.55. The lowest BCUT2D eigenvalue weighted by Crippen LogP contribution is -2.19. The zero-order valence-electron chi connectivity index (χ0n) is 42.5.